The Morgan fingerprint density at radius 3 is 2.70 bits per heavy atom. The third-order valence-electron chi connectivity index (χ3n) is 3.53. The van der Waals surface area contributed by atoms with Gasteiger partial charge in [0.05, 0.1) is 6.61 Å². The number of carbonyl (C=O) groups excluding carboxylic acids is 2. The lowest BCUT2D eigenvalue weighted by Crippen LogP contribution is -2.28. The van der Waals surface area contributed by atoms with E-state index in [0.717, 1.165) is 32.3 Å². The van der Waals surface area contributed by atoms with Gasteiger partial charge in [-0.2, -0.15) is 0 Å². The van der Waals surface area contributed by atoms with E-state index >= 15 is 0 Å². The molecule has 1 aliphatic heterocycles. The molecule has 0 aromatic heterocycles. The van der Waals surface area contributed by atoms with Crippen LogP contribution in [0.25, 0.3) is 0 Å². The second-order valence-corrected chi connectivity index (χ2v) is 5.39. The summed E-state index contributed by atoms with van der Waals surface area (Å²) in [6.07, 6.45) is 6.34. The third kappa shape index (κ3) is 8.13. The summed E-state index contributed by atoms with van der Waals surface area (Å²) < 4.78 is 21.0. The fourth-order valence-electron chi connectivity index (χ4n) is 2.32. The number of hydrogen-bond donors (Lipinski definition) is 0. The van der Waals surface area contributed by atoms with Gasteiger partial charge in [0, 0.05) is 13.2 Å². The van der Waals surface area contributed by atoms with Gasteiger partial charge in [0.1, 0.15) is 6.61 Å². The van der Waals surface area contributed by atoms with Crippen molar-refractivity contribution in [2.24, 2.45) is 5.92 Å². The summed E-state index contributed by atoms with van der Waals surface area (Å²) >= 11 is 0. The maximum Gasteiger partial charge on any atom is 0.320 e. The van der Waals surface area contributed by atoms with Crippen LogP contribution in [0.1, 0.15) is 45.4 Å². The summed E-state index contributed by atoms with van der Waals surface area (Å²) in [4.78, 5) is 23.8. The molecule has 6 nitrogen and oxygen atoms in total. The third-order valence-corrected chi connectivity index (χ3v) is 3.53. The molecule has 23 heavy (non-hydrogen) atoms. The van der Waals surface area contributed by atoms with Gasteiger partial charge >= 0.3 is 11.9 Å². The molecule has 1 heterocycles. The van der Waals surface area contributed by atoms with Crippen LogP contribution >= 0.6 is 0 Å². The van der Waals surface area contributed by atoms with Crippen LogP contribution in [0.15, 0.2) is 12.7 Å². The maximum absolute atomic E-state index is 11.9. The number of hydrogen-bond acceptors (Lipinski definition) is 6. The summed E-state index contributed by atoms with van der Waals surface area (Å²) in [6.45, 7) is 6.84. The van der Waals surface area contributed by atoms with Crippen molar-refractivity contribution in [1.29, 1.82) is 0 Å². The number of esters is 2. The van der Waals surface area contributed by atoms with Gasteiger partial charge in [-0.15, -0.1) is 0 Å². The summed E-state index contributed by atoms with van der Waals surface area (Å²) in [6, 6.07) is 0. The normalized spacial score (nSPS) is 18.9. The van der Waals surface area contributed by atoms with Gasteiger partial charge in [0.15, 0.2) is 12.2 Å². The zero-order valence-electron chi connectivity index (χ0n) is 14.0. The lowest BCUT2D eigenvalue weighted by atomic mass is 10.0. The lowest BCUT2D eigenvalue weighted by Gasteiger charge is -2.22. The second-order valence-electron chi connectivity index (χ2n) is 5.39. The highest BCUT2D eigenvalue weighted by atomic mass is 16.7. The largest absolute Gasteiger partial charge is 0.465 e. The fraction of sp³-hybridized carbons (Fsp3) is 0.765. The van der Waals surface area contributed by atoms with Crippen molar-refractivity contribution in [2.75, 3.05) is 26.4 Å². The molecule has 0 aromatic carbocycles. The smallest absolute Gasteiger partial charge is 0.320 e. The zero-order chi connectivity index (χ0) is 16.9. The Hall–Kier alpha value is -1.40. The molecule has 2 atom stereocenters. The minimum Gasteiger partial charge on any atom is -0.465 e. The number of unbranched alkanes of at least 4 members (excludes halogenated alkanes) is 1. The first kappa shape index (κ1) is 19.6. The Morgan fingerprint density at radius 1 is 1.26 bits per heavy atom. The average Bonchev–Trinajstić information content (AvgIpc) is 2.57. The van der Waals surface area contributed by atoms with E-state index in [4.69, 9.17) is 18.9 Å². The number of rotatable bonds is 11. The van der Waals surface area contributed by atoms with Crippen molar-refractivity contribution in [1.82, 2.24) is 0 Å². The SMILES string of the molecule is C=CCOC(=O)C(CCCCOC1CCCCO1)C(=O)OCC. The van der Waals surface area contributed by atoms with E-state index in [1.54, 1.807) is 6.92 Å². The van der Waals surface area contributed by atoms with Crippen LogP contribution in [0, 0.1) is 5.92 Å². The first-order chi connectivity index (χ1) is 11.2. The van der Waals surface area contributed by atoms with Gasteiger partial charge in [-0.25, -0.2) is 0 Å². The van der Waals surface area contributed by atoms with Crippen molar-refractivity contribution >= 4 is 11.9 Å². The molecule has 132 valence electrons. The van der Waals surface area contributed by atoms with Gasteiger partial charge < -0.3 is 18.9 Å². The molecule has 1 aliphatic rings. The zero-order valence-corrected chi connectivity index (χ0v) is 14.0. The Morgan fingerprint density at radius 2 is 2.04 bits per heavy atom. The van der Waals surface area contributed by atoms with E-state index in [9.17, 15) is 9.59 Å². The van der Waals surface area contributed by atoms with Crippen LogP contribution in [0.2, 0.25) is 0 Å². The van der Waals surface area contributed by atoms with Crippen LogP contribution in [0.5, 0.6) is 0 Å². The van der Waals surface area contributed by atoms with Crippen molar-refractivity contribution in [3.05, 3.63) is 12.7 Å². The molecular weight excluding hydrogens is 300 g/mol. The topological polar surface area (TPSA) is 71.1 Å². The monoisotopic (exact) mass is 328 g/mol. The summed E-state index contributed by atoms with van der Waals surface area (Å²) in [7, 11) is 0. The molecule has 0 bridgehead atoms. The molecule has 1 saturated heterocycles. The number of ether oxygens (including phenoxy) is 4. The summed E-state index contributed by atoms with van der Waals surface area (Å²) in [5.41, 5.74) is 0. The highest BCUT2D eigenvalue weighted by molar-refractivity contribution is 5.94. The van der Waals surface area contributed by atoms with Gasteiger partial charge in [-0.3, -0.25) is 9.59 Å². The van der Waals surface area contributed by atoms with Crippen molar-refractivity contribution in [3.8, 4) is 0 Å². The van der Waals surface area contributed by atoms with Crippen molar-refractivity contribution < 1.29 is 28.5 Å². The molecule has 1 fully saturated rings. The quantitative estimate of drug-likeness (QED) is 0.251. The molecule has 1 rings (SSSR count). The Bertz CT molecular complexity index is 362. The Kier molecular flexibility index (Phi) is 10.3. The molecule has 0 amide bonds. The molecule has 0 aliphatic carbocycles. The molecular formula is C17H28O6. The van der Waals surface area contributed by atoms with Crippen LogP contribution in [0.4, 0.5) is 0 Å². The summed E-state index contributed by atoms with van der Waals surface area (Å²) in [5, 5.41) is 0. The minimum absolute atomic E-state index is 0.0941. The molecule has 6 heteroatoms. The van der Waals surface area contributed by atoms with Crippen LogP contribution in [-0.2, 0) is 28.5 Å². The van der Waals surface area contributed by atoms with Crippen LogP contribution in [-0.4, -0.2) is 44.7 Å². The lowest BCUT2D eigenvalue weighted by molar-refractivity contribution is -0.165. The molecule has 0 spiro atoms. The second kappa shape index (κ2) is 12.1. The molecule has 0 aromatic rings. The Labute approximate surface area is 138 Å². The van der Waals surface area contributed by atoms with E-state index < -0.39 is 17.9 Å². The molecule has 0 saturated carbocycles. The average molecular weight is 328 g/mol. The van der Waals surface area contributed by atoms with E-state index in [2.05, 4.69) is 6.58 Å². The molecule has 0 N–H and O–H groups in total. The predicted molar refractivity (Wildman–Crippen MR) is 84.7 cm³/mol. The minimum atomic E-state index is -0.874. The van der Waals surface area contributed by atoms with E-state index in [-0.39, 0.29) is 19.5 Å². The highest BCUT2D eigenvalue weighted by Crippen LogP contribution is 2.16. The van der Waals surface area contributed by atoms with Crippen LogP contribution < -0.4 is 0 Å². The first-order valence-electron chi connectivity index (χ1n) is 8.36. The standard InChI is InChI=1S/C17H28O6/c1-3-11-23-17(19)14(16(18)20-4-2)9-5-7-12-21-15-10-6-8-13-22-15/h3,14-15H,1,4-13H2,2H3. The van der Waals surface area contributed by atoms with E-state index in [0.29, 0.717) is 19.4 Å². The first-order valence-corrected chi connectivity index (χ1v) is 8.36. The van der Waals surface area contributed by atoms with Gasteiger partial charge in [0.2, 0.25) is 0 Å². The Balaban J connectivity index is 2.27. The maximum atomic E-state index is 11.9. The van der Waals surface area contributed by atoms with Crippen LogP contribution in [0.3, 0.4) is 0 Å². The highest BCUT2D eigenvalue weighted by Gasteiger charge is 2.28. The van der Waals surface area contributed by atoms with Gasteiger partial charge in [-0.05, 0) is 45.4 Å². The fourth-order valence-corrected chi connectivity index (χ4v) is 2.32. The van der Waals surface area contributed by atoms with Crippen molar-refractivity contribution in [2.45, 2.75) is 51.7 Å². The number of carbonyl (C=O) groups is 2. The predicted octanol–water partition coefficient (Wildman–Crippen LogP) is 2.61. The van der Waals surface area contributed by atoms with Crippen molar-refractivity contribution in [3.63, 3.8) is 0 Å². The van der Waals surface area contributed by atoms with Gasteiger partial charge in [-0.1, -0.05) is 12.7 Å². The molecule has 0 radical (unpaired) electrons. The van der Waals surface area contributed by atoms with E-state index in [1.165, 1.54) is 6.08 Å². The van der Waals surface area contributed by atoms with E-state index in [1.807, 2.05) is 0 Å². The van der Waals surface area contributed by atoms with Gasteiger partial charge in [0.25, 0.3) is 0 Å². The molecule has 2 unspecified atom stereocenters. The summed E-state index contributed by atoms with van der Waals surface area (Å²) in [5.74, 6) is -1.96.